The minimum Gasteiger partial charge on any atom is -0.493 e. The molecule has 152 valence electrons. The lowest BCUT2D eigenvalue weighted by Crippen LogP contribution is -2.68. The Morgan fingerprint density at radius 2 is 1.90 bits per heavy atom. The third-order valence-electron chi connectivity index (χ3n) is 6.32. The predicted octanol–water partition coefficient (Wildman–Crippen LogP) is 4.89. The molecular formula is C25H30N2O2. The van der Waals surface area contributed by atoms with E-state index in [0.29, 0.717) is 19.6 Å². The molecule has 4 nitrogen and oxygen atoms in total. The van der Waals surface area contributed by atoms with Gasteiger partial charge < -0.3 is 15.0 Å². The van der Waals surface area contributed by atoms with Crippen molar-refractivity contribution in [2.75, 3.05) is 18.1 Å². The van der Waals surface area contributed by atoms with Gasteiger partial charge in [0.25, 0.3) is 0 Å². The first-order valence-electron chi connectivity index (χ1n) is 10.6. The van der Waals surface area contributed by atoms with E-state index in [0.717, 1.165) is 24.2 Å². The quantitative estimate of drug-likeness (QED) is 0.714. The van der Waals surface area contributed by atoms with Crippen molar-refractivity contribution in [3.05, 3.63) is 65.7 Å². The summed E-state index contributed by atoms with van der Waals surface area (Å²) >= 11 is 0. The second-order valence-corrected chi connectivity index (χ2v) is 8.43. The Morgan fingerprint density at radius 1 is 1.14 bits per heavy atom. The van der Waals surface area contributed by atoms with Gasteiger partial charge in [-0.15, -0.1) is 0 Å². The van der Waals surface area contributed by atoms with Gasteiger partial charge in [-0.3, -0.25) is 4.79 Å². The first-order valence-corrected chi connectivity index (χ1v) is 10.6. The summed E-state index contributed by atoms with van der Waals surface area (Å²) in [7, 11) is 0. The summed E-state index contributed by atoms with van der Waals surface area (Å²) < 4.78 is 6.01. The van der Waals surface area contributed by atoms with Crippen molar-refractivity contribution in [2.45, 2.75) is 51.1 Å². The number of benzene rings is 2. The molecule has 2 aliphatic rings. The number of carbonyl (C=O) groups is 1. The van der Waals surface area contributed by atoms with Crippen LogP contribution in [0.15, 0.2) is 54.6 Å². The zero-order valence-corrected chi connectivity index (χ0v) is 17.6. The standard InChI is InChI=1S/C25H30N2O2/c1-4-5-18-29-22-13-9-6-10-19(22)14-16-25-24(2,3)20-11-7-8-12-21(20)27(25)17-15-23(28)26-25/h6-14,16H,4-5,15,17-18H2,1-3H3,(H,26,28)/b16-14+. The fourth-order valence-electron chi connectivity index (χ4n) is 4.61. The summed E-state index contributed by atoms with van der Waals surface area (Å²) in [6.07, 6.45) is 6.92. The molecule has 4 rings (SSSR count). The molecule has 1 amide bonds. The SMILES string of the molecule is CCCCOc1ccccc1/C=C/C12NC(=O)CCN1c1ccccc1C2(C)C. The zero-order chi connectivity index (χ0) is 20.5. The van der Waals surface area contributed by atoms with Gasteiger partial charge in [-0.25, -0.2) is 0 Å². The van der Waals surface area contributed by atoms with Crippen LogP contribution in [-0.2, 0) is 10.2 Å². The second-order valence-electron chi connectivity index (χ2n) is 8.43. The van der Waals surface area contributed by atoms with Crippen molar-refractivity contribution in [2.24, 2.45) is 0 Å². The minimum absolute atomic E-state index is 0.0965. The van der Waals surface area contributed by atoms with Crippen LogP contribution in [0.1, 0.15) is 51.2 Å². The Kier molecular flexibility index (Phi) is 5.12. The van der Waals surface area contributed by atoms with Crippen LogP contribution in [0.25, 0.3) is 6.08 Å². The number of rotatable bonds is 6. The fourth-order valence-corrected chi connectivity index (χ4v) is 4.61. The molecule has 0 saturated carbocycles. The number of anilines is 1. The van der Waals surface area contributed by atoms with Gasteiger partial charge in [-0.2, -0.15) is 0 Å². The number of para-hydroxylation sites is 2. The highest BCUT2D eigenvalue weighted by Gasteiger charge is 2.57. The van der Waals surface area contributed by atoms with Gasteiger partial charge >= 0.3 is 0 Å². The smallest absolute Gasteiger partial charge is 0.223 e. The number of ether oxygens (including phenoxy) is 1. The van der Waals surface area contributed by atoms with Gasteiger partial charge in [0.1, 0.15) is 11.4 Å². The van der Waals surface area contributed by atoms with Gasteiger partial charge in [0.15, 0.2) is 0 Å². The average molecular weight is 391 g/mol. The Labute approximate surface area is 173 Å². The molecule has 0 aromatic heterocycles. The highest BCUT2D eigenvalue weighted by atomic mass is 16.5. The van der Waals surface area contributed by atoms with Crippen molar-refractivity contribution >= 4 is 17.7 Å². The van der Waals surface area contributed by atoms with E-state index < -0.39 is 5.66 Å². The fraction of sp³-hybridized carbons (Fsp3) is 0.400. The number of fused-ring (bicyclic) bond motifs is 3. The average Bonchev–Trinajstić information content (AvgIpc) is 2.91. The van der Waals surface area contributed by atoms with E-state index in [-0.39, 0.29) is 11.3 Å². The van der Waals surface area contributed by atoms with Crippen molar-refractivity contribution in [3.63, 3.8) is 0 Å². The van der Waals surface area contributed by atoms with Crippen LogP contribution in [0.4, 0.5) is 5.69 Å². The van der Waals surface area contributed by atoms with Crippen molar-refractivity contribution in [1.82, 2.24) is 5.32 Å². The molecular weight excluding hydrogens is 360 g/mol. The largest absolute Gasteiger partial charge is 0.493 e. The second kappa shape index (κ2) is 7.58. The van der Waals surface area contributed by atoms with Crippen molar-refractivity contribution < 1.29 is 9.53 Å². The maximum Gasteiger partial charge on any atom is 0.223 e. The normalized spacial score (nSPS) is 22.3. The summed E-state index contributed by atoms with van der Waals surface area (Å²) in [4.78, 5) is 14.9. The lowest BCUT2D eigenvalue weighted by atomic mass is 9.74. The molecule has 1 unspecified atom stereocenters. The molecule has 2 heterocycles. The predicted molar refractivity (Wildman–Crippen MR) is 118 cm³/mol. The Bertz CT molecular complexity index is 934. The Morgan fingerprint density at radius 3 is 2.72 bits per heavy atom. The molecule has 4 heteroatoms. The number of hydrogen-bond donors (Lipinski definition) is 1. The minimum atomic E-state index is -0.595. The molecule has 1 N–H and O–H groups in total. The highest BCUT2D eigenvalue weighted by molar-refractivity contribution is 5.84. The van der Waals surface area contributed by atoms with E-state index in [9.17, 15) is 4.79 Å². The van der Waals surface area contributed by atoms with Gasteiger partial charge in [-0.1, -0.05) is 69.7 Å². The first-order chi connectivity index (χ1) is 14.0. The number of hydrogen-bond acceptors (Lipinski definition) is 3. The van der Waals surface area contributed by atoms with Gasteiger partial charge in [0, 0.05) is 29.6 Å². The summed E-state index contributed by atoms with van der Waals surface area (Å²) in [5, 5.41) is 3.33. The first kappa shape index (κ1) is 19.6. The monoisotopic (exact) mass is 390 g/mol. The molecule has 0 spiro atoms. The third-order valence-corrected chi connectivity index (χ3v) is 6.32. The maximum atomic E-state index is 12.5. The van der Waals surface area contributed by atoms with Crippen molar-refractivity contribution in [3.8, 4) is 5.75 Å². The van der Waals surface area contributed by atoms with Crippen LogP contribution in [0.2, 0.25) is 0 Å². The molecule has 1 atom stereocenters. The van der Waals surface area contributed by atoms with Crippen LogP contribution in [0.3, 0.4) is 0 Å². The van der Waals surface area contributed by atoms with E-state index in [2.05, 4.69) is 73.5 Å². The molecule has 2 aliphatic heterocycles. The summed E-state index contributed by atoms with van der Waals surface area (Å²) in [6, 6.07) is 16.6. The lowest BCUT2D eigenvalue weighted by molar-refractivity contribution is -0.124. The van der Waals surface area contributed by atoms with E-state index in [1.54, 1.807) is 0 Å². The number of carbonyl (C=O) groups excluding carboxylic acids is 1. The third kappa shape index (κ3) is 3.21. The molecule has 2 aromatic rings. The molecule has 0 radical (unpaired) electrons. The molecule has 2 aromatic carbocycles. The van der Waals surface area contributed by atoms with E-state index in [1.165, 1.54) is 11.3 Å². The van der Waals surface area contributed by atoms with E-state index >= 15 is 0 Å². The van der Waals surface area contributed by atoms with E-state index in [4.69, 9.17) is 4.74 Å². The molecule has 0 aliphatic carbocycles. The number of amides is 1. The topological polar surface area (TPSA) is 41.6 Å². The number of nitrogens with zero attached hydrogens (tertiary/aromatic N) is 1. The van der Waals surface area contributed by atoms with Crippen LogP contribution >= 0.6 is 0 Å². The molecule has 1 fully saturated rings. The molecule has 1 saturated heterocycles. The highest BCUT2D eigenvalue weighted by Crippen LogP contribution is 2.52. The van der Waals surface area contributed by atoms with E-state index in [1.807, 2.05) is 18.2 Å². The maximum absolute atomic E-state index is 12.5. The summed E-state index contributed by atoms with van der Waals surface area (Å²) in [6.45, 7) is 8.02. The van der Waals surface area contributed by atoms with Crippen molar-refractivity contribution in [1.29, 1.82) is 0 Å². The molecule has 29 heavy (non-hydrogen) atoms. The van der Waals surface area contributed by atoms with Crippen LogP contribution < -0.4 is 15.0 Å². The molecule has 0 bridgehead atoms. The van der Waals surface area contributed by atoms with Crippen LogP contribution in [0, 0.1) is 0 Å². The summed E-state index contributed by atoms with van der Waals surface area (Å²) in [5.74, 6) is 0.981. The van der Waals surface area contributed by atoms with Gasteiger partial charge in [0.05, 0.1) is 6.61 Å². The van der Waals surface area contributed by atoms with Gasteiger partial charge in [0.2, 0.25) is 5.91 Å². The zero-order valence-electron chi connectivity index (χ0n) is 17.6. The Hall–Kier alpha value is -2.75. The van der Waals surface area contributed by atoms with Crippen LogP contribution in [-0.4, -0.2) is 24.7 Å². The lowest BCUT2D eigenvalue weighted by Gasteiger charge is -2.49. The van der Waals surface area contributed by atoms with Gasteiger partial charge in [-0.05, 0) is 30.2 Å². The number of unbranched alkanes of at least 4 members (excludes halogenated alkanes) is 1. The number of nitrogens with one attached hydrogen (secondary N) is 1. The summed E-state index contributed by atoms with van der Waals surface area (Å²) in [5.41, 5.74) is 2.63. The Balaban J connectivity index is 1.74. The van der Waals surface area contributed by atoms with Crippen LogP contribution in [0.5, 0.6) is 5.75 Å².